The molecular weight excluding hydrogens is 518 g/mol. The third-order valence-electron chi connectivity index (χ3n) is 8.98. The molecule has 1 saturated carbocycles. The summed E-state index contributed by atoms with van der Waals surface area (Å²) >= 11 is 5.93. The van der Waals surface area contributed by atoms with Gasteiger partial charge in [-0.1, -0.05) is 67.4 Å². The van der Waals surface area contributed by atoms with E-state index in [0.29, 0.717) is 62.0 Å². The zero-order valence-electron chi connectivity index (χ0n) is 22.4. The molecule has 2 fully saturated rings. The van der Waals surface area contributed by atoms with Crippen molar-refractivity contribution < 1.29 is 13.2 Å². The van der Waals surface area contributed by atoms with Crippen molar-refractivity contribution in [1.29, 1.82) is 0 Å². The lowest BCUT2D eigenvalue weighted by Gasteiger charge is -2.57. The molecule has 2 aromatic carbocycles. The molecule has 4 aliphatic rings. The first-order valence-corrected chi connectivity index (χ1v) is 15.4. The van der Waals surface area contributed by atoms with E-state index in [1.54, 1.807) is 28.6 Å². The van der Waals surface area contributed by atoms with Crippen LogP contribution in [0.2, 0.25) is 5.02 Å². The molecule has 0 radical (unpaired) electrons. The predicted molar refractivity (Wildman–Crippen MR) is 151 cm³/mol. The number of allylic oxidation sites excluding steroid dienone is 1. The Kier molecular flexibility index (Phi) is 8.01. The van der Waals surface area contributed by atoms with Crippen LogP contribution in [0.5, 0.6) is 0 Å². The van der Waals surface area contributed by atoms with E-state index in [1.165, 1.54) is 12.0 Å². The second-order valence-electron chi connectivity index (χ2n) is 11.5. The summed E-state index contributed by atoms with van der Waals surface area (Å²) in [4.78, 5) is 18.1. The lowest BCUT2D eigenvalue weighted by atomic mass is 9.49. The number of benzene rings is 2. The van der Waals surface area contributed by atoms with Crippen molar-refractivity contribution in [3.63, 3.8) is 0 Å². The molecule has 204 valence electrons. The number of sulfonamides is 1. The Balaban J connectivity index is 1.21. The number of nitrogens with zero attached hydrogens (tertiary/aromatic N) is 3. The normalized spacial score (nSPS) is 23.4. The Morgan fingerprint density at radius 1 is 1.03 bits per heavy atom. The topological polar surface area (TPSA) is 60.9 Å². The fourth-order valence-electron chi connectivity index (χ4n) is 6.26. The number of halogens is 1. The average Bonchev–Trinajstić information content (AvgIpc) is 2.92. The van der Waals surface area contributed by atoms with Gasteiger partial charge in [-0.15, -0.1) is 0 Å². The van der Waals surface area contributed by atoms with E-state index < -0.39 is 10.0 Å². The Morgan fingerprint density at radius 3 is 2.34 bits per heavy atom. The van der Waals surface area contributed by atoms with Gasteiger partial charge in [-0.2, -0.15) is 4.31 Å². The van der Waals surface area contributed by atoms with Crippen LogP contribution in [0.25, 0.3) is 0 Å². The molecule has 1 aliphatic heterocycles. The van der Waals surface area contributed by atoms with E-state index in [4.69, 9.17) is 11.6 Å². The molecule has 2 aromatic rings. The zero-order valence-corrected chi connectivity index (χ0v) is 23.9. The van der Waals surface area contributed by atoms with E-state index >= 15 is 0 Å². The molecule has 0 spiro atoms. The number of fused-ring (bicyclic) bond motifs is 1. The van der Waals surface area contributed by atoms with Crippen LogP contribution in [0.15, 0.2) is 71.1 Å². The van der Waals surface area contributed by atoms with Gasteiger partial charge >= 0.3 is 0 Å². The summed E-state index contributed by atoms with van der Waals surface area (Å²) in [5, 5.41) is 0.518. The second-order valence-corrected chi connectivity index (χ2v) is 13.9. The molecule has 8 heteroatoms. The Hall–Kier alpha value is -2.19. The largest absolute Gasteiger partial charge is 0.337 e. The molecule has 2 bridgehead atoms. The standard InChI is InChI=1S/C30H38ClN3O3S/c1-30(2)25-9-8-24(28(30)21-25)22-33(29(35)20-23-6-4-3-5-7-23)17-14-32-15-18-34(19-16-32)38(36,37)27-12-10-26(31)11-13-27/h3-8,10-13,25,28H,9,14-22H2,1-2H3. The molecule has 2 unspecified atom stereocenters. The van der Waals surface area contributed by atoms with Gasteiger partial charge in [0.2, 0.25) is 15.9 Å². The first-order chi connectivity index (χ1) is 18.1. The first kappa shape index (κ1) is 27.4. The van der Waals surface area contributed by atoms with Gasteiger partial charge in [0.15, 0.2) is 0 Å². The zero-order chi connectivity index (χ0) is 26.9. The molecule has 2 atom stereocenters. The molecule has 0 aromatic heterocycles. The molecule has 1 amide bonds. The molecule has 6 rings (SSSR count). The third kappa shape index (κ3) is 5.71. The van der Waals surface area contributed by atoms with Crippen LogP contribution >= 0.6 is 11.6 Å². The fraction of sp³-hybridized carbons (Fsp3) is 0.500. The number of amides is 1. The van der Waals surface area contributed by atoms with E-state index in [1.807, 2.05) is 35.2 Å². The average molecular weight is 556 g/mol. The van der Waals surface area contributed by atoms with Gasteiger partial charge < -0.3 is 4.90 Å². The van der Waals surface area contributed by atoms with Crippen molar-refractivity contribution >= 4 is 27.5 Å². The quantitative estimate of drug-likeness (QED) is 0.420. The van der Waals surface area contributed by atoms with Gasteiger partial charge in [-0.25, -0.2) is 8.42 Å². The van der Waals surface area contributed by atoms with Gasteiger partial charge in [0.25, 0.3) is 0 Å². The summed E-state index contributed by atoms with van der Waals surface area (Å²) in [6, 6.07) is 16.3. The molecule has 3 aliphatic carbocycles. The summed E-state index contributed by atoms with van der Waals surface area (Å²) in [6.07, 6.45) is 5.14. The third-order valence-corrected chi connectivity index (χ3v) is 11.1. The van der Waals surface area contributed by atoms with Crippen LogP contribution in [0, 0.1) is 17.3 Å². The van der Waals surface area contributed by atoms with Crippen LogP contribution in [-0.4, -0.2) is 74.2 Å². The highest BCUT2D eigenvalue weighted by Gasteiger charge is 2.51. The Bertz CT molecular complexity index is 1270. The summed E-state index contributed by atoms with van der Waals surface area (Å²) in [5.41, 5.74) is 2.77. The highest BCUT2D eigenvalue weighted by Crippen LogP contribution is 2.59. The van der Waals surface area contributed by atoms with Crippen LogP contribution in [0.1, 0.15) is 32.3 Å². The minimum Gasteiger partial charge on any atom is -0.337 e. The van der Waals surface area contributed by atoms with E-state index in [9.17, 15) is 13.2 Å². The van der Waals surface area contributed by atoms with Crippen LogP contribution in [0.3, 0.4) is 0 Å². The van der Waals surface area contributed by atoms with Gasteiger partial charge in [0.1, 0.15) is 0 Å². The van der Waals surface area contributed by atoms with Crippen LogP contribution in [-0.2, 0) is 21.2 Å². The van der Waals surface area contributed by atoms with E-state index in [-0.39, 0.29) is 10.8 Å². The number of hydrogen-bond donors (Lipinski definition) is 0. The maximum absolute atomic E-state index is 13.5. The van der Waals surface area contributed by atoms with Crippen molar-refractivity contribution in [1.82, 2.24) is 14.1 Å². The fourth-order valence-corrected chi connectivity index (χ4v) is 7.81. The minimum absolute atomic E-state index is 0.153. The maximum Gasteiger partial charge on any atom is 0.243 e. The summed E-state index contributed by atoms with van der Waals surface area (Å²) in [5.74, 6) is 1.49. The number of carbonyl (C=O) groups is 1. The lowest BCUT2D eigenvalue weighted by molar-refractivity contribution is -0.130. The lowest BCUT2D eigenvalue weighted by Crippen LogP contribution is -2.52. The van der Waals surface area contributed by atoms with Crippen molar-refractivity contribution in [3.05, 3.63) is 76.8 Å². The minimum atomic E-state index is -3.54. The van der Waals surface area contributed by atoms with Crippen LogP contribution < -0.4 is 0 Å². The van der Waals surface area contributed by atoms with Crippen molar-refractivity contribution in [2.75, 3.05) is 45.8 Å². The predicted octanol–water partition coefficient (Wildman–Crippen LogP) is 4.71. The molecule has 6 nitrogen and oxygen atoms in total. The van der Waals surface area contributed by atoms with Gasteiger partial charge in [-0.05, 0) is 59.9 Å². The molecule has 1 heterocycles. The van der Waals surface area contributed by atoms with E-state index in [2.05, 4.69) is 24.8 Å². The Labute approximate surface area is 232 Å². The number of hydrogen-bond acceptors (Lipinski definition) is 4. The number of carbonyl (C=O) groups excluding carboxylic acids is 1. The highest BCUT2D eigenvalue weighted by atomic mass is 35.5. The number of piperazine rings is 1. The summed E-state index contributed by atoms with van der Waals surface area (Å²) < 4.78 is 27.6. The highest BCUT2D eigenvalue weighted by molar-refractivity contribution is 7.89. The maximum atomic E-state index is 13.5. The van der Waals surface area contributed by atoms with Crippen molar-refractivity contribution in [3.8, 4) is 0 Å². The molecular formula is C30H38ClN3O3S. The van der Waals surface area contributed by atoms with Gasteiger partial charge in [0.05, 0.1) is 11.3 Å². The number of rotatable bonds is 9. The van der Waals surface area contributed by atoms with Crippen molar-refractivity contribution in [2.45, 2.75) is 38.0 Å². The van der Waals surface area contributed by atoms with Crippen molar-refractivity contribution in [2.24, 2.45) is 17.3 Å². The Morgan fingerprint density at radius 2 is 1.71 bits per heavy atom. The monoisotopic (exact) mass is 555 g/mol. The first-order valence-electron chi connectivity index (χ1n) is 13.6. The molecule has 38 heavy (non-hydrogen) atoms. The van der Waals surface area contributed by atoms with E-state index in [0.717, 1.165) is 24.4 Å². The summed E-state index contributed by atoms with van der Waals surface area (Å²) in [6.45, 7) is 8.97. The smallest absolute Gasteiger partial charge is 0.243 e. The summed E-state index contributed by atoms with van der Waals surface area (Å²) in [7, 11) is -3.54. The second kappa shape index (κ2) is 11.1. The van der Waals surface area contributed by atoms with Gasteiger partial charge in [0, 0.05) is 50.8 Å². The SMILES string of the molecule is CC1(C)C2CC=C(CN(CCN3CCN(S(=O)(=O)c4ccc(Cl)cc4)CC3)C(=O)Cc3ccccc3)C1C2. The molecule has 1 saturated heterocycles. The van der Waals surface area contributed by atoms with Crippen LogP contribution in [0.4, 0.5) is 0 Å². The molecule has 0 N–H and O–H groups in total. The van der Waals surface area contributed by atoms with Gasteiger partial charge in [-0.3, -0.25) is 9.69 Å².